The van der Waals surface area contributed by atoms with Crippen molar-refractivity contribution in [1.82, 2.24) is 0 Å². The van der Waals surface area contributed by atoms with Gasteiger partial charge in [0.2, 0.25) is 0 Å². The summed E-state index contributed by atoms with van der Waals surface area (Å²) >= 11 is 0. The number of anilines is 2. The number of para-hydroxylation sites is 2. The molecule has 0 fully saturated rings. The van der Waals surface area contributed by atoms with E-state index in [2.05, 4.69) is 10.6 Å². The van der Waals surface area contributed by atoms with Crippen molar-refractivity contribution in [2.45, 2.75) is 13.8 Å². The highest BCUT2D eigenvalue weighted by Gasteiger charge is 2.16. The number of esters is 1. The van der Waals surface area contributed by atoms with E-state index in [9.17, 15) is 14.4 Å². The lowest BCUT2D eigenvalue weighted by molar-refractivity contribution is -0.119. The third-order valence-corrected chi connectivity index (χ3v) is 4.41. The van der Waals surface area contributed by atoms with Gasteiger partial charge >= 0.3 is 5.97 Å². The average Bonchev–Trinajstić information content (AvgIpc) is 2.73. The average molecular weight is 402 g/mol. The van der Waals surface area contributed by atoms with Crippen LogP contribution in [0, 0.1) is 13.8 Å². The first-order valence-electron chi connectivity index (χ1n) is 9.43. The van der Waals surface area contributed by atoms with Gasteiger partial charge in [0, 0.05) is 5.69 Å². The molecule has 0 aromatic heterocycles. The van der Waals surface area contributed by atoms with Gasteiger partial charge in [0.05, 0.1) is 16.8 Å². The molecule has 0 aliphatic carbocycles. The summed E-state index contributed by atoms with van der Waals surface area (Å²) in [7, 11) is 0. The second-order valence-electron chi connectivity index (χ2n) is 6.81. The first-order valence-corrected chi connectivity index (χ1v) is 9.43. The summed E-state index contributed by atoms with van der Waals surface area (Å²) in [6, 6.07) is 21.0. The fraction of sp³-hybridized carbons (Fsp3) is 0.125. The zero-order chi connectivity index (χ0) is 21.5. The molecule has 0 spiro atoms. The van der Waals surface area contributed by atoms with Gasteiger partial charge in [-0.05, 0) is 49.7 Å². The van der Waals surface area contributed by atoms with Crippen LogP contribution in [-0.2, 0) is 9.53 Å². The third kappa shape index (κ3) is 5.32. The normalized spacial score (nSPS) is 10.2. The molecule has 152 valence electrons. The molecule has 0 heterocycles. The molecule has 2 amide bonds. The van der Waals surface area contributed by atoms with Crippen LogP contribution < -0.4 is 10.6 Å². The highest BCUT2D eigenvalue weighted by molar-refractivity contribution is 6.10. The fourth-order valence-electron chi connectivity index (χ4n) is 2.95. The molecular formula is C24H22N2O4. The minimum Gasteiger partial charge on any atom is -0.452 e. The minimum absolute atomic E-state index is 0.301. The Labute approximate surface area is 174 Å². The molecule has 0 aliphatic heterocycles. The van der Waals surface area contributed by atoms with E-state index in [1.165, 1.54) is 0 Å². The smallest absolute Gasteiger partial charge is 0.338 e. The summed E-state index contributed by atoms with van der Waals surface area (Å²) < 4.78 is 5.13. The van der Waals surface area contributed by atoms with Gasteiger partial charge in [-0.2, -0.15) is 0 Å². The Kier molecular flexibility index (Phi) is 6.60. The van der Waals surface area contributed by atoms with Crippen molar-refractivity contribution >= 4 is 29.2 Å². The predicted molar refractivity (Wildman–Crippen MR) is 116 cm³/mol. The SMILES string of the molecule is Cc1ccc(C(=O)OCC(=O)Nc2ccccc2C(=O)Nc2ccccc2)c(C)c1. The molecule has 30 heavy (non-hydrogen) atoms. The van der Waals surface area contributed by atoms with Crippen molar-refractivity contribution < 1.29 is 19.1 Å². The molecular weight excluding hydrogens is 380 g/mol. The monoisotopic (exact) mass is 402 g/mol. The number of hydrogen-bond acceptors (Lipinski definition) is 4. The summed E-state index contributed by atoms with van der Waals surface area (Å²) in [6.07, 6.45) is 0. The highest BCUT2D eigenvalue weighted by atomic mass is 16.5. The molecule has 0 radical (unpaired) electrons. The van der Waals surface area contributed by atoms with Crippen molar-refractivity contribution in [1.29, 1.82) is 0 Å². The lowest BCUT2D eigenvalue weighted by Crippen LogP contribution is -2.23. The van der Waals surface area contributed by atoms with E-state index in [1.54, 1.807) is 42.5 Å². The molecule has 6 heteroatoms. The maximum Gasteiger partial charge on any atom is 0.338 e. The Morgan fingerprint density at radius 2 is 1.50 bits per heavy atom. The van der Waals surface area contributed by atoms with E-state index in [1.807, 2.05) is 44.2 Å². The largest absolute Gasteiger partial charge is 0.452 e. The zero-order valence-electron chi connectivity index (χ0n) is 16.8. The number of ether oxygens (including phenoxy) is 1. The van der Waals surface area contributed by atoms with Gasteiger partial charge in [0.1, 0.15) is 0 Å². The van der Waals surface area contributed by atoms with Gasteiger partial charge in [0.25, 0.3) is 11.8 Å². The van der Waals surface area contributed by atoms with Crippen LogP contribution in [0.4, 0.5) is 11.4 Å². The number of amides is 2. The zero-order valence-corrected chi connectivity index (χ0v) is 16.8. The van der Waals surface area contributed by atoms with Crippen LogP contribution in [0.3, 0.4) is 0 Å². The molecule has 0 atom stereocenters. The number of benzene rings is 3. The standard InChI is InChI=1S/C24H22N2O4/c1-16-12-13-19(17(2)14-16)24(29)30-15-22(27)26-21-11-7-6-10-20(21)23(28)25-18-8-4-3-5-9-18/h3-14H,15H2,1-2H3,(H,25,28)(H,26,27). The van der Waals surface area contributed by atoms with Gasteiger partial charge < -0.3 is 15.4 Å². The second-order valence-corrected chi connectivity index (χ2v) is 6.81. The van der Waals surface area contributed by atoms with Gasteiger partial charge in [-0.25, -0.2) is 4.79 Å². The lowest BCUT2D eigenvalue weighted by Gasteiger charge is -2.12. The van der Waals surface area contributed by atoms with Gasteiger partial charge in [-0.1, -0.05) is 48.0 Å². The van der Waals surface area contributed by atoms with Gasteiger partial charge in [-0.3, -0.25) is 9.59 Å². The summed E-state index contributed by atoms with van der Waals surface area (Å²) in [5.41, 5.74) is 3.51. The summed E-state index contributed by atoms with van der Waals surface area (Å²) in [4.78, 5) is 37.1. The number of rotatable bonds is 6. The van der Waals surface area contributed by atoms with E-state index < -0.39 is 18.5 Å². The first kappa shape index (κ1) is 20.8. The van der Waals surface area contributed by atoms with Crippen molar-refractivity contribution in [3.05, 3.63) is 95.1 Å². The fourth-order valence-corrected chi connectivity index (χ4v) is 2.95. The molecule has 3 aromatic carbocycles. The first-order chi connectivity index (χ1) is 14.4. The van der Waals surface area contributed by atoms with Crippen LogP contribution in [0.1, 0.15) is 31.8 Å². The molecule has 0 saturated carbocycles. The Morgan fingerprint density at radius 1 is 0.800 bits per heavy atom. The van der Waals surface area contributed by atoms with Crippen LogP contribution >= 0.6 is 0 Å². The number of nitrogens with one attached hydrogen (secondary N) is 2. The van der Waals surface area contributed by atoms with E-state index in [0.717, 1.165) is 11.1 Å². The van der Waals surface area contributed by atoms with Crippen LogP contribution in [0.25, 0.3) is 0 Å². The Morgan fingerprint density at radius 3 is 2.23 bits per heavy atom. The topological polar surface area (TPSA) is 84.5 Å². The Hall–Kier alpha value is -3.93. The van der Waals surface area contributed by atoms with E-state index in [0.29, 0.717) is 22.5 Å². The number of carbonyl (C=O) groups is 3. The van der Waals surface area contributed by atoms with Crippen molar-refractivity contribution in [3.63, 3.8) is 0 Å². The second kappa shape index (κ2) is 9.52. The van der Waals surface area contributed by atoms with Crippen LogP contribution in [0.2, 0.25) is 0 Å². The number of hydrogen-bond donors (Lipinski definition) is 2. The molecule has 2 N–H and O–H groups in total. The van der Waals surface area contributed by atoms with Crippen molar-refractivity contribution in [2.24, 2.45) is 0 Å². The highest BCUT2D eigenvalue weighted by Crippen LogP contribution is 2.18. The summed E-state index contributed by atoms with van der Waals surface area (Å²) in [5.74, 6) is -1.46. The van der Waals surface area contributed by atoms with E-state index >= 15 is 0 Å². The molecule has 0 bridgehead atoms. The van der Waals surface area contributed by atoms with Gasteiger partial charge in [0.15, 0.2) is 6.61 Å². The van der Waals surface area contributed by atoms with E-state index in [4.69, 9.17) is 4.74 Å². The van der Waals surface area contributed by atoms with Crippen LogP contribution in [0.5, 0.6) is 0 Å². The van der Waals surface area contributed by atoms with Gasteiger partial charge in [-0.15, -0.1) is 0 Å². The quantitative estimate of drug-likeness (QED) is 0.601. The number of aryl methyl sites for hydroxylation is 2. The predicted octanol–water partition coefficient (Wildman–Crippen LogP) is 4.35. The molecule has 0 aliphatic rings. The van der Waals surface area contributed by atoms with Crippen molar-refractivity contribution in [3.8, 4) is 0 Å². The Balaban J connectivity index is 1.63. The van der Waals surface area contributed by atoms with Crippen molar-refractivity contribution in [2.75, 3.05) is 17.2 Å². The van der Waals surface area contributed by atoms with Crippen LogP contribution in [-0.4, -0.2) is 24.4 Å². The van der Waals surface area contributed by atoms with Crippen LogP contribution in [0.15, 0.2) is 72.8 Å². The maximum atomic E-state index is 12.6. The minimum atomic E-state index is -0.572. The lowest BCUT2D eigenvalue weighted by atomic mass is 10.1. The maximum absolute atomic E-state index is 12.6. The third-order valence-electron chi connectivity index (χ3n) is 4.41. The molecule has 0 saturated heterocycles. The molecule has 3 aromatic rings. The molecule has 6 nitrogen and oxygen atoms in total. The summed E-state index contributed by atoms with van der Waals surface area (Å²) in [6.45, 7) is 3.28. The Bertz CT molecular complexity index is 1080. The number of carbonyl (C=O) groups excluding carboxylic acids is 3. The molecule has 0 unspecified atom stereocenters. The van der Waals surface area contributed by atoms with E-state index in [-0.39, 0.29) is 5.91 Å². The summed E-state index contributed by atoms with van der Waals surface area (Å²) in [5, 5.41) is 5.41. The molecule has 3 rings (SSSR count).